The minimum absolute atomic E-state index is 0.532. The SMILES string of the molecule is CCC(C)C1CN(CC2(C)CCCS2)CCCN1. The molecule has 2 heterocycles. The molecule has 0 amide bonds. The molecule has 0 saturated carbocycles. The van der Waals surface area contributed by atoms with Crippen LogP contribution in [0.25, 0.3) is 0 Å². The Hall–Kier alpha value is 0.270. The van der Waals surface area contributed by atoms with Gasteiger partial charge in [-0.25, -0.2) is 0 Å². The van der Waals surface area contributed by atoms with Gasteiger partial charge in [0.1, 0.15) is 0 Å². The lowest BCUT2D eigenvalue weighted by atomic mass is 9.98. The number of hydrogen-bond donors (Lipinski definition) is 1. The van der Waals surface area contributed by atoms with Crippen LogP contribution >= 0.6 is 11.8 Å². The van der Waals surface area contributed by atoms with Crippen molar-refractivity contribution in [3.05, 3.63) is 0 Å². The molecular formula is C15H30N2S. The average molecular weight is 270 g/mol. The van der Waals surface area contributed by atoms with Gasteiger partial charge in [0.2, 0.25) is 0 Å². The highest BCUT2D eigenvalue weighted by Crippen LogP contribution is 2.38. The van der Waals surface area contributed by atoms with Gasteiger partial charge in [-0.15, -0.1) is 0 Å². The first-order chi connectivity index (χ1) is 8.63. The van der Waals surface area contributed by atoms with Crippen molar-refractivity contribution in [2.45, 2.75) is 57.2 Å². The van der Waals surface area contributed by atoms with Gasteiger partial charge in [-0.1, -0.05) is 20.3 Å². The Balaban J connectivity index is 1.90. The molecule has 2 aliphatic heterocycles. The third kappa shape index (κ3) is 3.88. The summed E-state index contributed by atoms with van der Waals surface area (Å²) < 4.78 is 0.532. The maximum absolute atomic E-state index is 3.75. The topological polar surface area (TPSA) is 15.3 Å². The van der Waals surface area contributed by atoms with Gasteiger partial charge in [0, 0.05) is 23.9 Å². The molecule has 0 aliphatic carbocycles. The molecule has 2 saturated heterocycles. The third-order valence-electron chi connectivity index (χ3n) is 4.70. The normalized spacial score (nSPS) is 36.5. The zero-order chi connectivity index (χ0) is 13.0. The van der Waals surface area contributed by atoms with E-state index in [1.54, 1.807) is 0 Å². The van der Waals surface area contributed by atoms with Gasteiger partial charge in [0.15, 0.2) is 0 Å². The van der Waals surface area contributed by atoms with Gasteiger partial charge in [-0.3, -0.25) is 0 Å². The van der Waals surface area contributed by atoms with Gasteiger partial charge in [-0.2, -0.15) is 11.8 Å². The molecule has 3 heteroatoms. The third-order valence-corrected chi connectivity index (χ3v) is 6.22. The van der Waals surface area contributed by atoms with Crippen molar-refractivity contribution < 1.29 is 0 Å². The van der Waals surface area contributed by atoms with E-state index in [1.165, 1.54) is 57.6 Å². The molecule has 0 aromatic carbocycles. The van der Waals surface area contributed by atoms with Crippen LogP contribution in [0.1, 0.15) is 46.5 Å². The predicted molar refractivity (Wildman–Crippen MR) is 82.4 cm³/mol. The number of rotatable bonds is 4. The van der Waals surface area contributed by atoms with E-state index in [9.17, 15) is 0 Å². The summed E-state index contributed by atoms with van der Waals surface area (Å²) in [5, 5.41) is 3.75. The van der Waals surface area contributed by atoms with Crippen molar-refractivity contribution in [2.24, 2.45) is 5.92 Å². The first-order valence-corrected chi connectivity index (χ1v) is 8.71. The van der Waals surface area contributed by atoms with Crippen LogP contribution in [-0.4, -0.2) is 47.6 Å². The number of thioether (sulfide) groups is 1. The summed E-state index contributed by atoms with van der Waals surface area (Å²) in [6.45, 7) is 12.2. The predicted octanol–water partition coefficient (Wildman–Crippen LogP) is 2.98. The van der Waals surface area contributed by atoms with E-state index in [0.29, 0.717) is 10.8 Å². The molecule has 3 atom stereocenters. The van der Waals surface area contributed by atoms with Crippen LogP contribution in [0.4, 0.5) is 0 Å². The minimum atomic E-state index is 0.532. The minimum Gasteiger partial charge on any atom is -0.312 e. The Morgan fingerprint density at radius 3 is 2.94 bits per heavy atom. The summed E-state index contributed by atoms with van der Waals surface area (Å²) in [5.41, 5.74) is 0. The number of hydrogen-bond acceptors (Lipinski definition) is 3. The molecule has 0 radical (unpaired) electrons. The first kappa shape index (κ1) is 14.7. The van der Waals surface area contributed by atoms with E-state index in [2.05, 4.69) is 42.7 Å². The van der Waals surface area contributed by atoms with E-state index >= 15 is 0 Å². The van der Waals surface area contributed by atoms with Crippen LogP contribution in [0, 0.1) is 5.92 Å². The highest BCUT2D eigenvalue weighted by atomic mass is 32.2. The molecule has 2 rings (SSSR count). The molecule has 0 spiro atoms. The summed E-state index contributed by atoms with van der Waals surface area (Å²) in [4.78, 5) is 2.73. The molecule has 18 heavy (non-hydrogen) atoms. The van der Waals surface area contributed by atoms with Crippen LogP contribution in [0.15, 0.2) is 0 Å². The number of nitrogens with zero attached hydrogens (tertiary/aromatic N) is 1. The molecule has 2 fully saturated rings. The van der Waals surface area contributed by atoms with E-state index in [0.717, 1.165) is 5.92 Å². The van der Waals surface area contributed by atoms with Crippen molar-refractivity contribution >= 4 is 11.8 Å². The Bertz CT molecular complexity index is 251. The van der Waals surface area contributed by atoms with Crippen molar-refractivity contribution in [1.82, 2.24) is 10.2 Å². The van der Waals surface area contributed by atoms with E-state index < -0.39 is 0 Å². The van der Waals surface area contributed by atoms with Crippen molar-refractivity contribution in [1.29, 1.82) is 0 Å². The van der Waals surface area contributed by atoms with E-state index in [-0.39, 0.29) is 0 Å². The summed E-state index contributed by atoms with van der Waals surface area (Å²) in [6.07, 6.45) is 5.43. The lowest BCUT2D eigenvalue weighted by Crippen LogP contribution is -2.45. The quantitative estimate of drug-likeness (QED) is 0.845. The summed E-state index contributed by atoms with van der Waals surface area (Å²) in [6, 6.07) is 0.701. The van der Waals surface area contributed by atoms with Crippen molar-refractivity contribution in [3.8, 4) is 0 Å². The Kier molecular flexibility index (Phi) is 5.40. The van der Waals surface area contributed by atoms with Crippen LogP contribution in [0.3, 0.4) is 0 Å². The maximum Gasteiger partial charge on any atom is 0.0259 e. The fourth-order valence-electron chi connectivity index (χ4n) is 3.27. The Morgan fingerprint density at radius 2 is 2.28 bits per heavy atom. The van der Waals surface area contributed by atoms with Crippen LogP contribution in [-0.2, 0) is 0 Å². The summed E-state index contributed by atoms with van der Waals surface area (Å²) >= 11 is 2.20. The van der Waals surface area contributed by atoms with E-state index in [4.69, 9.17) is 0 Å². The van der Waals surface area contributed by atoms with Gasteiger partial charge < -0.3 is 10.2 Å². The summed E-state index contributed by atoms with van der Waals surface area (Å²) in [5.74, 6) is 2.17. The molecular weight excluding hydrogens is 240 g/mol. The summed E-state index contributed by atoms with van der Waals surface area (Å²) in [7, 11) is 0. The van der Waals surface area contributed by atoms with Gasteiger partial charge >= 0.3 is 0 Å². The molecule has 1 N–H and O–H groups in total. The maximum atomic E-state index is 3.75. The standard InChI is InChI=1S/C15H30N2S/c1-4-13(2)14-11-17(9-6-8-16-14)12-15(3)7-5-10-18-15/h13-14,16H,4-12H2,1-3H3. The molecule has 2 nitrogen and oxygen atoms in total. The van der Waals surface area contributed by atoms with Crippen molar-refractivity contribution in [2.75, 3.05) is 31.9 Å². The molecule has 2 aliphatic rings. The van der Waals surface area contributed by atoms with Crippen LogP contribution in [0.2, 0.25) is 0 Å². The van der Waals surface area contributed by atoms with Gasteiger partial charge in [0.05, 0.1) is 0 Å². The lowest BCUT2D eigenvalue weighted by Gasteiger charge is -2.33. The highest BCUT2D eigenvalue weighted by Gasteiger charge is 2.33. The smallest absolute Gasteiger partial charge is 0.0259 e. The highest BCUT2D eigenvalue weighted by molar-refractivity contribution is 8.00. The largest absolute Gasteiger partial charge is 0.312 e. The second-order valence-electron chi connectivity index (χ2n) is 6.44. The number of nitrogens with one attached hydrogen (secondary N) is 1. The molecule has 106 valence electrons. The lowest BCUT2D eigenvalue weighted by molar-refractivity contribution is 0.220. The van der Waals surface area contributed by atoms with Gasteiger partial charge in [-0.05, 0) is 50.9 Å². The van der Waals surface area contributed by atoms with Crippen molar-refractivity contribution in [3.63, 3.8) is 0 Å². The second-order valence-corrected chi connectivity index (χ2v) is 8.12. The Labute approximate surface area is 117 Å². The molecule has 0 bridgehead atoms. The zero-order valence-corrected chi connectivity index (χ0v) is 13.2. The average Bonchev–Trinajstić information content (AvgIpc) is 2.64. The monoisotopic (exact) mass is 270 g/mol. The fourth-order valence-corrected chi connectivity index (χ4v) is 4.61. The first-order valence-electron chi connectivity index (χ1n) is 7.73. The molecule has 0 aromatic heterocycles. The Morgan fingerprint density at radius 1 is 1.44 bits per heavy atom. The molecule has 0 aromatic rings. The van der Waals surface area contributed by atoms with Gasteiger partial charge in [0.25, 0.3) is 0 Å². The fraction of sp³-hybridized carbons (Fsp3) is 1.00. The zero-order valence-electron chi connectivity index (χ0n) is 12.4. The van der Waals surface area contributed by atoms with Crippen LogP contribution < -0.4 is 5.32 Å². The van der Waals surface area contributed by atoms with E-state index in [1.807, 2.05) is 0 Å². The molecule has 3 unspecified atom stereocenters. The second kappa shape index (κ2) is 6.62. The van der Waals surface area contributed by atoms with Crippen LogP contribution in [0.5, 0.6) is 0 Å².